The van der Waals surface area contributed by atoms with Crippen molar-refractivity contribution in [2.24, 2.45) is 5.14 Å². The molecule has 0 radical (unpaired) electrons. The maximum atomic E-state index is 11.2. The van der Waals surface area contributed by atoms with Gasteiger partial charge in [-0.25, -0.2) is 13.6 Å². The summed E-state index contributed by atoms with van der Waals surface area (Å²) in [6.07, 6.45) is 3.22. The molecule has 0 spiro atoms. The van der Waals surface area contributed by atoms with Gasteiger partial charge in [0, 0.05) is 24.8 Å². The van der Waals surface area contributed by atoms with Gasteiger partial charge in [0.15, 0.2) is 0 Å². The molecule has 0 saturated carbocycles. The maximum Gasteiger partial charge on any atom is 0.210 e. The number of anilines is 1. The van der Waals surface area contributed by atoms with E-state index in [4.69, 9.17) is 5.14 Å². The highest BCUT2D eigenvalue weighted by Gasteiger charge is 2.22. The first-order valence-electron chi connectivity index (χ1n) is 7.59. The summed E-state index contributed by atoms with van der Waals surface area (Å²) >= 11 is 0. The third-order valence-corrected chi connectivity index (χ3v) is 4.61. The topological polar surface area (TPSA) is 75.4 Å². The number of fused-ring (bicyclic) bond motifs is 1. The molecule has 1 aliphatic rings. The standard InChI is InChI=1S/C15H25N3O2S/c1-2-9-17-14-7-5-10-18(11-12-21(16,19)20)15-8-4-3-6-13(14)15/h3-4,6,8,14,17H,2,5,7,9-12H2,1H3,(H2,16,19,20). The summed E-state index contributed by atoms with van der Waals surface area (Å²) in [6.45, 7) is 4.48. The van der Waals surface area contributed by atoms with Crippen LogP contribution in [0, 0.1) is 0 Å². The molecule has 1 heterocycles. The Hall–Kier alpha value is -1.11. The first-order valence-corrected chi connectivity index (χ1v) is 9.30. The molecule has 1 unspecified atom stereocenters. The van der Waals surface area contributed by atoms with Gasteiger partial charge in [-0.2, -0.15) is 0 Å². The zero-order valence-corrected chi connectivity index (χ0v) is 13.4. The second kappa shape index (κ2) is 7.24. The SMILES string of the molecule is CCCNC1CCCN(CCS(N)(=O)=O)c2ccccc21. The van der Waals surface area contributed by atoms with Gasteiger partial charge in [0.05, 0.1) is 5.75 Å². The normalized spacial score (nSPS) is 19.1. The molecule has 0 aromatic heterocycles. The number of nitrogens with two attached hydrogens (primary N) is 1. The van der Waals surface area contributed by atoms with Crippen LogP contribution in [-0.4, -0.2) is 33.8 Å². The number of hydrogen-bond donors (Lipinski definition) is 2. The first-order chi connectivity index (χ1) is 10.0. The molecule has 1 atom stereocenters. The van der Waals surface area contributed by atoms with E-state index in [-0.39, 0.29) is 5.75 Å². The number of primary sulfonamides is 1. The van der Waals surface area contributed by atoms with E-state index in [2.05, 4.69) is 29.3 Å². The molecule has 6 heteroatoms. The van der Waals surface area contributed by atoms with Crippen molar-refractivity contribution in [1.82, 2.24) is 5.32 Å². The average molecular weight is 311 g/mol. The molecular formula is C15H25N3O2S. The van der Waals surface area contributed by atoms with E-state index in [9.17, 15) is 8.42 Å². The van der Waals surface area contributed by atoms with Crippen LogP contribution in [0.3, 0.4) is 0 Å². The fourth-order valence-corrected chi connectivity index (χ4v) is 3.31. The van der Waals surface area contributed by atoms with Crippen LogP contribution >= 0.6 is 0 Å². The number of sulfonamides is 1. The zero-order valence-electron chi connectivity index (χ0n) is 12.6. The number of benzene rings is 1. The molecule has 0 saturated heterocycles. The summed E-state index contributed by atoms with van der Waals surface area (Å²) in [5.41, 5.74) is 2.39. The third-order valence-electron chi connectivity index (χ3n) is 3.86. The molecule has 1 aromatic carbocycles. The van der Waals surface area contributed by atoms with Crippen molar-refractivity contribution in [2.75, 3.05) is 30.3 Å². The number of nitrogens with one attached hydrogen (secondary N) is 1. The van der Waals surface area contributed by atoms with Crippen LogP contribution in [0.25, 0.3) is 0 Å². The van der Waals surface area contributed by atoms with Crippen LogP contribution in [0.1, 0.15) is 37.8 Å². The van der Waals surface area contributed by atoms with Crippen molar-refractivity contribution in [3.63, 3.8) is 0 Å². The van der Waals surface area contributed by atoms with Gasteiger partial charge in [0.2, 0.25) is 10.0 Å². The van der Waals surface area contributed by atoms with Crippen LogP contribution in [-0.2, 0) is 10.0 Å². The van der Waals surface area contributed by atoms with Gasteiger partial charge in [-0.05, 0) is 37.4 Å². The van der Waals surface area contributed by atoms with Gasteiger partial charge in [-0.15, -0.1) is 0 Å². The van der Waals surface area contributed by atoms with E-state index < -0.39 is 10.0 Å². The molecule has 0 aliphatic carbocycles. The van der Waals surface area contributed by atoms with Crippen molar-refractivity contribution >= 4 is 15.7 Å². The monoisotopic (exact) mass is 311 g/mol. The Morgan fingerprint density at radius 1 is 1.38 bits per heavy atom. The fraction of sp³-hybridized carbons (Fsp3) is 0.600. The lowest BCUT2D eigenvalue weighted by atomic mass is 10.0. The molecule has 0 amide bonds. The fourth-order valence-electron chi connectivity index (χ4n) is 2.83. The Morgan fingerprint density at radius 3 is 2.86 bits per heavy atom. The summed E-state index contributed by atoms with van der Waals surface area (Å²) < 4.78 is 22.4. The van der Waals surface area contributed by atoms with Gasteiger partial charge in [-0.1, -0.05) is 25.1 Å². The molecule has 0 bridgehead atoms. The summed E-state index contributed by atoms with van der Waals surface area (Å²) in [5.74, 6) is -0.00557. The van der Waals surface area contributed by atoms with E-state index in [1.807, 2.05) is 12.1 Å². The molecule has 1 aromatic rings. The van der Waals surface area contributed by atoms with Crippen molar-refractivity contribution in [2.45, 2.75) is 32.2 Å². The van der Waals surface area contributed by atoms with Crippen LogP contribution in [0.15, 0.2) is 24.3 Å². The minimum Gasteiger partial charge on any atom is -0.370 e. The minimum absolute atomic E-state index is 0.00557. The van der Waals surface area contributed by atoms with Gasteiger partial charge < -0.3 is 10.2 Å². The second-order valence-electron chi connectivity index (χ2n) is 5.56. The Morgan fingerprint density at radius 2 is 2.14 bits per heavy atom. The molecular weight excluding hydrogens is 286 g/mol. The van der Waals surface area contributed by atoms with E-state index in [1.54, 1.807) is 0 Å². The molecule has 0 fully saturated rings. The summed E-state index contributed by atoms with van der Waals surface area (Å²) in [6, 6.07) is 8.61. The number of para-hydroxylation sites is 1. The molecule has 21 heavy (non-hydrogen) atoms. The van der Waals surface area contributed by atoms with E-state index >= 15 is 0 Å². The minimum atomic E-state index is -3.42. The molecule has 118 valence electrons. The summed E-state index contributed by atoms with van der Waals surface area (Å²) in [5, 5.41) is 8.73. The Bertz CT molecular complexity index is 560. The number of nitrogens with zero attached hydrogens (tertiary/aromatic N) is 1. The van der Waals surface area contributed by atoms with E-state index in [0.717, 1.165) is 38.0 Å². The van der Waals surface area contributed by atoms with Gasteiger partial charge in [-0.3, -0.25) is 0 Å². The Labute approximate surface area is 127 Å². The van der Waals surface area contributed by atoms with E-state index in [1.165, 1.54) is 5.56 Å². The number of hydrogen-bond acceptors (Lipinski definition) is 4. The van der Waals surface area contributed by atoms with Crippen molar-refractivity contribution < 1.29 is 8.42 Å². The van der Waals surface area contributed by atoms with Crippen LogP contribution in [0.2, 0.25) is 0 Å². The molecule has 3 N–H and O–H groups in total. The van der Waals surface area contributed by atoms with Crippen LogP contribution in [0.4, 0.5) is 5.69 Å². The smallest absolute Gasteiger partial charge is 0.210 e. The van der Waals surface area contributed by atoms with Crippen LogP contribution in [0.5, 0.6) is 0 Å². The highest BCUT2D eigenvalue weighted by atomic mass is 32.2. The predicted molar refractivity (Wildman–Crippen MR) is 86.9 cm³/mol. The Balaban J connectivity index is 2.20. The highest BCUT2D eigenvalue weighted by molar-refractivity contribution is 7.89. The lowest BCUT2D eigenvalue weighted by Gasteiger charge is -2.25. The summed E-state index contributed by atoms with van der Waals surface area (Å²) in [7, 11) is -3.42. The molecule has 1 aliphatic heterocycles. The third kappa shape index (κ3) is 4.69. The highest BCUT2D eigenvalue weighted by Crippen LogP contribution is 2.32. The molecule has 2 rings (SSSR count). The second-order valence-corrected chi connectivity index (χ2v) is 7.30. The predicted octanol–water partition coefficient (Wildman–Crippen LogP) is 1.62. The largest absolute Gasteiger partial charge is 0.370 e. The quantitative estimate of drug-likeness (QED) is 0.837. The lowest BCUT2D eigenvalue weighted by molar-refractivity contribution is 0.496. The van der Waals surface area contributed by atoms with Gasteiger partial charge in [0.1, 0.15) is 0 Å². The zero-order chi connectivity index (χ0) is 15.3. The molecule has 5 nitrogen and oxygen atoms in total. The van der Waals surface area contributed by atoms with Crippen molar-refractivity contribution in [3.8, 4) is 0 Å². The number of rotatable bonds is 6. The Kier molecular flexibility index (Phi) is 5.61. The van der Waals surface area contributed by atoms with E-state index in [0.29, 0.717) is 12.6 Å². The maximum absolute atomic E-state index is 11.2. The lowest BCUT2D eigenvalue weighted by Crippen LogP contribution is -2.32. The average Bonchev–Trinajstić information content (AvgIpc) is 2.62. The van der Waals surface area contributed by atoms with Gasteiger partial charge >= 0.3 is 0 Å². The van der Waals surface area contributed by atoms with Crippen molar-refractivity contribution in [1.29, 1.82) is 0 Å². The van der Waals surface area contributed by atoms with Crippen LogP contribution < -0.4 is 15.4 Å². The first kappa shape index (κ1) is 16.3. The summed E-state index contributed by atoms with van der Waals surface area (Å²) in [4.78, 5) is 2.15. The van der Waals surface area contributed by atoms with Crippen molar-refractivity contribution in [3.05, 3.63) is 29.8 Å². The van der Waals surface area contributed by atoms with Gasteiger partial charge in [0.25, 0.3) is 0 Å².